The molecule has 3 rings (SSSR count). The minimum atomic E-state index is -0.202. The molecule has 26 heavy (non-hydrogen) atoms. The standard InChI is InChI=1S/C18H22ClN5O2/c1-3-16(25)22-9-4-10-23(12-11-22)18(26)17-20-13(2)24(21-17)15-7-5-14(19)6-8-15/h5-8H,3-4,9-12H2,1-2H3. The molecule has 7 nitrogen and oxygen atoms in total. The van der Waals surface area contributed by atoms with E-state index in [9.17, 15) is 9.59 Å². The van der Waals surface area contributed by atoms with Crippen LogP contribution in [0.25, 0.3) is 5.69 Å². The Morgan fingerprint density at radius 3 is 2.42 bits per heavy atom. The van der Waals surface area contributed by atoms with E-state index in [2.05, 4.69) is 10.1 Å². The first-order chi connectivity index (χ1) is 12.5. The van der Waals surface area contributed by atoms with Gasteiger partial charge in [0.25, 0.3) is 5.91 Å². The number of carbonyl (C=O) groups is 2. The van der Waals surface area contributed by atoms with Crippen molar-refractivity contribution in [1.82, 2.24) is 24.6 Å². The first kappa shape index (κ1) is 18.4. The summed E-state index contributed by atoms with van der Waals surface area (Å²) in [5.74, 6) is 0.730. The van der Waals surface area contributed by atoms with Gasteiger partial charge >= 0.3 is 0 Å². The zero-order valence-corrected chi connectivity index (χ0v) is 15.7. The van der Waals surface area contributed by atoms with Crippen LogP contribution in [0.2, 0.25) is 5.02 Å². The molecule has 1 aliphatic rings. The Labute approximate surface area is 157 Å². The van der Waals surface area contributed by atoms with Gasteiger partial charge in [0.15, 0.2) is 0 Å². The van der Waals surface area contributed by atoms with Gasteiger partial charge in [-0.3, -0.25) is 9.59 Å². The first-order valence-electron chi connectivity index (χ1n) is 8.76. The summed E-state index contributed by atoms with van der Waals surface area (Å²) in [5.41, 5.74) is 0.800. The van der Waals surface area contributed by atoms with Crippen LogP contribution < -0.4 is 0 Å². The molecule has 2 aromatic rings. The fraction of sp³-hybridized carbons (Fsp3) is 0.444. The number of nitrogens with zero attached hydrogens (tertiary/aromatic N) is 5. The van der Waals surface area contributed by atoms with E-state index in [1.807, 2.05) is 30.9 Å². The van der Waals surface area contributed by atoms with Crippen molar-refractivity contribution in [1.29, 1.82) is 0 Å². The van der Waals surface area contributed by atoms with Gasteiger partial charge in [-0.2, -0.15) is 0 Å². The molecule has 8 heteroatoms. The molecular formula is C18H22ClN5O2. The van der Waals surface area contributed by atoms with Crippen molar-refractivity contribution in [2.24, 2.45) is 0 Å². The number of hydrogen-bond donors (Lipinski definition) is 0. The monoisotopic (exact) mass is 375 g/mol. The number of hydrogen-bond acceptors (Lipinski definition) is 4. The van der Waals surface area contributed by atoms with Gasteiger partial charge in [-0.15, -0.1) is 5.10 Å². The molecule has 0 atom stereocenters. The van der Waals surface area contributed by atoms with Gasteiger partial charge in [0.05, 0.1) is 5.69 Å². The SMILES string of the molecule is CCC(=O)N1CCCN(C(=O)c2nc(C)n(-c3ccc(Cl)cc3)n2)CC1. The molecule has 2 heterocycles. The maximum absolute atomic E-state index is 12.8. The molecule has 1 fully saturated rings. The molecule has 1 aliphatic heterocycles. The number of halogens is 1. The Kier molecular flexibility index (Phi) is 5.56. The summed E-state index contributed by atoms with van der Waals surface area (Å²) in [6.45, 7) is 5.99. The minimum absolute atomic E-state index is 0.125. The van der Waals surface area contributed by atoms with Crippen LogP contribution in [0, 0.1) is 6.92 Å². The average molecular weight is 376 g/mol. The van der Waals surface area contributed by atoms with Crippen LogP contribution in [-0.4, -0.2) is 62.6 Å². The van der Waals surface area contributed by atoms with Crippen LogP contribution in [0.15, 0.2) is 24.3 Å². The summed E-state index contributed by atoms with van der Waals surface area (Å²) >= 11 is 5.92. The molecular weight excluding hydrogens is 354 g/mol. The van der Waals surface area contributed by atoms with Crippen molar-refractivity contribution in [3.63, 3.8) is 0 Å². The summed E-state index contributed by atoms with van der Waals surface area (Å²) in [7, 11) is 0. The van der Waals surface area contributed by atoms with Crippen LogP contribution in [0.4, 0.5) is 0 Å². The molecule has 1 aromatic carbocycles. The fourth-order valence-corrected chi connectivity index (χ4v) is 3.17. The lowest BCUT2D eigenvalue weighted by Gasteiger charge is -2.21. The molecule has 0 unspecified atom stereocenters. The van der Waals surface area contributed by atoms with Crippen molar-refractivity contribution in [3.05, 3.63) is 40.9 Å². The van der Waals surface area contributed by atoms with Crippen LogP contribution >= 0.6 is 11.6 Å². The second kappa shape index (κ2) is 7.86. The summed E-state index contributed by atoms with van der Waals surface area (Å²) in [6, 6.07) is 7.21. The third kappa shape index (κ3) is 3.88. The van der Waals surface area contributed by atoms with E-state index < -0.39 is 0 Å². The first-order valence-corrected chi connectivity index (χ1v) is 9.14. The summed E-state index contributed by atoms with van der Waals surface area (Å²) in [4.78, 5) is 32.6. The number of amides is 2. The third-order valence-electron chi connectivity index (χ3n) is 4.47. The number of aryl methyl sites for hydroxylation is 1. The maximum atomic E-state index is 12.8. The van der Waals surface area contributed by atoms with E-state index in [4.69, 9.17) is 11.6 Å². The van der Waals surface area contributed by atoms with Crippen LogP contribution in [0.3, 0.4) is 0 Å². The van der Waals surface area contributed by atoms with E-state index in [1.54, 1.807) is 21.7 Å². The van der Waals surface area contributed by atoms with Gasteiger partial charge in [-0.25, -0.2) is 9.67 Å². The average Bonchev–Trinajstić information content (AvgIpc) is 2.87. The predicted octanol–water partition coefficient (Wildman–Crippen LogP) is 2.31. The third-order valence-corrected chi connectivity index (χ3v) is 4.72. The number of carbonyl (C=O) groups excluding carboxylic acids is 2. The second-order valence-electron chi connectivity index (χ2n) is 6.25. The fourth-order valence-electron chi connectivity index (χ4n) is 3.04. The summed E-state index contributed by atoms with van der Waals surface area (Å²) in [6.07, 6.45) is 1.24. The van der Waals surface area contributed by atoms with Crippen molar-refractivity contribution in [3.8, 4) is 5.69 Å². The highest BCUT2D eigenvalue weighted by atomic mass is 35.5. The molecule has 0 bridgehead atoms. The Bertz CT molecular complexity index is 802. The lowest BCUT2D eigenvalue weighted by Crippen LogP contribution is -2.37. The predicted molar refractivity (Wildman–Crippen MR) is 98.5 cm³/mol. The van der Waals surface area contributed by atoms with Gasteiger partial charge < -0.3 is 9.80 Å². The summed E-state index contributed by atoms with van der Waals surface area (Å²) < 4.78 is 1.63. The number of benzene rings is 1. The molecule has 0 saturated carbocycles. The van der Waals surface area contributed by atoms with Crippen molar-refractivity contribution >= 4 is 23.4 Å². The number of rotatable bonds is 3. The van der Waals surface area contributed by atoms with E-state index in [0.717, 1.165) is 12.1 Å². The lowest BCUT2D eigenvalue weighted by atomic mass is 10.3. The van der Waals surface area contributed by atoms with Crippen LogP contribution in [0.1, 0.15) is 36.2 Å². The van der Waals surface area contributed by atoms with Gasteiger partial charge in [0.2, 0.25) is 11.7 Å². The molecule has 138 valence electrons. The Hall–Kier alpha value is -2.41. The van der Waals surface area contributed by atoms with Crippen LogP contribution in [-0.2, 0) is 4.79 Å². The quantitative estimate of drug-likeness (QED) is 0.825. The van der Waals surface area contributed by atoms with Gasteiger partial charge in [0.1, 0.15) is 5.82 Å². The molecule has 1 aromatic heterocycles. The molecule has 1 saturated heterocycles. The van der Waals surface area contributed by atoms with E-state index >= 15 is 0 Å². The van der Waals surface area contributed by atoms with Crippen molar-refractivity contribution in [2.75, 3.05) is 26.2 Å². The highest BCUT2D eigenvalue weighted by molar-refractivity contribution is 6.30. The van der Waals surface area contributed by atoms with Gasteiger partial charge in [0, 0.05) is 37.6 Å². The highest BCUT2D eigenvalue weighted by Gasteiger charge is 2.25. The largest absolute Gasteiger partial charge is 0.341 e. The zero-order chi connectivity index (χ0) is 18.7. The Balaban J connectivity index is 1.75. The summed E-state index contributed by atoms with van der Waals surface area (Å²) in [5, 5.41) is 5.01. The van der Waals surface area contributed by atoms with Crippen molar-refractivity contribution in [2.45, 2.75) is 26.7 Å². The highest BCUT2D eigenvalue weighted by Crippen LogP contribution is 2.15. The Morgan fingerprint density at radius 1 is 1.08 bits per heavy atom. The van der Waals surface area contributed by atoms with E-state index in [0.29, 0.717) is 43.4 Å². The molecule has 0 spiro atoms. The Morgan fingerprint density at radius 2 is 1.73 bits per heavy atom. The normalized spacial score (nSPS) is 15.0. The molecule has 2 amide bonds. The van der Waals surface area contributed by atoms with Gasteiger partial charge in [-0.05, 0) is 37.6 Å². The smallest absolute Gasteiger partial charge is 0.293 e. The topological polar surface area (TPSA) is 71.3 Å². The molecule has 0 aliphatic carbocycles. The second-order valence-corrected chi connectivity index (χ2v) is 6.69. The molecule has 0 radical (unpaired) electrons. The van der Waals surface area contributed by atoms with Crippen LogP contribution in [0.5, 0.6) is 0 Å². The zero-order valence-electron chi connectivity index (χ0n) is 15.0. The lowest BCUT2D eigenvalue weighted by molar-refractivity contribution is -0.130. The maximum Gasteiger partial charge on any atom is 0.293 e. The van der Waals surface area contributed by atoms with E-state index in [1.165, 1.54) is 0 Å². The minimum Gasteiger partial charge on any atom is -0.341 e. The van der Waals surface area contributed by atoms with Crippen molar-refractivity contribution < 1.29 is 9.59 Å². The number of aromatic nitrogens is 3. The molecule has 0 N–H and O–H groups in total. The van der Waals surface area contributed by atoms with Gasteiger partial charge in [-0.1, -0.05) is 18.5 Å². The van der Waals surface area contributed by atoms with E-state index in [-0.39, 0.29) is 17.6 Å².